The van der Waals surface area contributed by atoms with Crippen LogP contribution in [0.15, 0.2) is 18.2 Å². The van der Waals surface area contributed by atoms with Gasteiger partial charge in [-0.15, -0.1) is 0 Å². The van der Waals surface area contributed by atoms with Gasteiger partial charge in [-0.05, 0) is 49.1 Å². The number of alkyl halides is 6. The van der Waals surface area contributed by atoms with Gasteiger partial charge in [0.25, 0.3) is 0 Å². The summed E-state index contributed by atoms with van der Waals surface area (Å²) in [5, 5.41) is 3.13. The Kier molecular flexibility index (Phi) is 4.24. The van der Waals surface area contributed by atoms with Gasteiger partial charge in [-0.25, -0.2) is 0 Å². The Morgan fingerprint density at radius 1 is 0.952 bits per heavy atom. The Labute approximate surface area is 118 Å². The van der Waals surface area contributed by atoms with E-state index in [4.69, 9.17) is 0 Å². The highest BCUT2D eigenvalue weighted by Crippen LogP contribution is 2.42. The lowest BCUT2D eigenvalue weighted by atomic mass is 9.75. The number of rotatable bonds is 3. The zero-order chi connectivity index (χ0) is 15.8. The second-order valence-electron chi connectivity index (χ2n) is 5.26. The Morgan fingerprint density at radius 2 is 1.43 bits per heavy atom. The number of benzene rings is 1. The van der Waals surface area contributed by atoms with Crippen LogP contribution in [0.3, 0.4) is 0 Å². The molecule has 1 nitrogen and oxygen atoms in total. The van der Waals surface area contributed by atoms with Crippen molar-refractivity contribution in [2.24, 2.45) is 0 Å². The third-order valence-corrected chi connectivity index (χ3v) is 3.71. The quantitative estimate of drug-likeness (QED) is 0.806. The van der Waals surface area contributed by atoms with Crippen LogP contribution in [0.2, 0.25) is 0 Å². The van der Waals surface area contributed by atoms with E-state index in [9.17, 15) is 26.3 Å². The van der Waals surface area contributed by atoms with Crippen molar-refractivity contribution in [1.82, 2.24) is 5.32 Å². The molecule has 0 aliphatic heterocycles. The molecule has 0 aromatic heterocycles. The van der Waals surface area contributed by atoms with Gasteiger partial charge in [0.15, 0.2) is 0 Å². The van der Waals surface area contributed by atoms with Crippen molar-refractivity contribution in [3.63, 3.8) is 0 Å². The van der Waals surface area contributed by atoms with Crippen LogP contribution in [0.4, 0.5) is 26.3 Å². The zero-order valence-corrected chi connectivity index (χ0v) is 11.3. The number of halogens is 6. The third-order valence-electron chi connectivity index (χ3n) is 3.71. The van der Waals surface area contributed by atoms with Crippen molar-refractivity contribution < 1.29 is 26.3 Å². The van der Waals surface area contributed by atoms with Gasteiger partial charge in [0, 0.05) is 6.04 Å². The molecule has 1 aliphatic rings. The molecule has 1 aromatic carbocycles. The average Bonchev–Trinajstić information content (AvgIpc) is 2.30. The van der Waals surface area contributed by atoms with Crippen LogP contribution in [0.25, 0.3) is 0 Å². The predicted molar refractivity (Wildman–Crippen MR) is 65.9 cm³/mol. The minimum Gasteiger partial charge on any atom is -0.314 e. The van der Waals surface area contributed by atoms with E-state index in [0.29, 0.717) is 12.8 Å². The highest BCUT2D eigenvalue weighted by atomic mass is 19.4. The van der Waals surface area contributed by atoms with Crippen LogP contribution in [0.5, 0.6) is 0 Å². The topological polar surface area (TPSA) is 12.0 Å². The van der Waals surface area contributed by atoms with Crippen LogP contribution in [0, 0.1) is 0 Å². The third kappa shape index (κ3) is 3.70. The van der Waals surface area contributed by atoms with Crippen molar-refractivity contribution in [1.29, 1.82) is 0 Å². The number of hydrogen-bond acceptors (Lipinski definition) is 1. The first kappa shape index (κ1) is 16.1. The molecule has 1 N–H and O–H groups in total. The highest BCUT2D eigenvalue weighted by Gasteiger charge is 2.39. The summed E-state index contributed by atoms with van der Waals surface area (Å²) in [6, 6.07) is 2.01. The first-order chi connectivity index (χ1) is 9.61. The number of nitrogens with one attached hydrogen (secondary N) is 1. The molecule has 2 rings (SSSR count). The molecule has 1 aliphatic carbocycles. The van der Waals surface area contributed by atoms with E-state index in [1.165, 1.54) is 0 Å². The van der Waals surface area contributed by atoms with E-state index < -0.39 is 23.5 Å². The predicted octanol–water partition coefficient (Wildman–Crippen LogP) is 4.58. The van der Waals surface area contributed by atoms with Crippen molar-refractivity contribution in [3.8, 4) is 0 Å². The SMILES string of the molecule is CCNC1CC(c2cc(C(F)(F)F)cc(C(F)(F)F)c2)C1. The lowest BCUT2D eigenvalue weighted by molar-refractivity contribution is -0.143. The van der Waals surface area contributed by atoms with Gasteiger partial charge in [-0.1, -0.05) is 6.92 Å². The van der Waals surface area contributed by atoms with E-state index in [-0.39, 0.29) is 23.6 Å². The monoisotopic (exact) mass is 311 g/mol. The summed E-state index contributed by atoms with van der Waals surface area (Å²) in [6.45, 7) is 2.63. The average molecular weight is 311 g/mol. The zero-order valence-electron chi connectivity index (χ0n) is 11.3. The fourth-order valence-electron chi connectivity index (χ4n) is 2.56. The Hall–Kier alpha value is -1.24. The standard InChI is InChI=1S/C14H15F6N/c1-2-21-12-5-9(6-12)8-3-10(13(15,16)17)7-11(4-8)14(18,19)20/h3-4,7,9,12,21H,2,5-6H2,1H3. The number of hydrogen-bond donors (Lipinski definition) is 1. The highest BCUT2D eigenvalue weighted by molar-refractivity contribution is 5.36. The van der Waals surface area contributed by atoms with E-state index >= 15 is 0 Å². The molecule has 21 heavy (non-hydrogen) atoms. The van der Waals surface area contributed by atoms with Crippen LogP contribution in [-0.4, -0.2) is 12.6 Å². The molecule has 0 unspecified atom stereocenters. The van der Waals surface area contributed by atoms with E-state index in [1.807, 2.05) is 6.92 Å². The molecule has 1 aromatic rings. The van der Waals surface area contributed by atoms with Gasteiger partial charge in [0.1, 0.15) is 0 Å². The summed E-state index contributed by atoms with van der Waals surface area (Å²) in [4.78, 5) is 0. The molecular weight excluding hydrogens is 296 g/mol. The van der Waals surface area contributed by atoms with E-state index in [2.05, 4.69) is 5.32 Å². The Balaban J connectivity index is 2.29. The summed E-state index contributed by atoms with van der Waals surface area (Å²) in [5.74, 6) is -0.252. The van der Waals surface area contributed by atoms with Gasteiger partial charge >= 0.3 is 12.4 Å². The molecule has 0 radical (unpaired) electrons. The first-order valence-corrected chi connectivity index (χ1v) is 6.64. The lowest BCUT2D eigenvalue weighted by Crippen LogP contribution is -2.40. The second kappa shape index (κ2) is 5.51. The Morgan fingerprint density at radius 3 is 1.81 bits per heavy atom. The minimum atomic E-state index is -4.78. The molecular formula is C14H15F6N. The summed E-state index contributed by atoms with van der Waals surface area (Å²) in [7, 11) is 0. The van der Waals surface area contributed by atoms with Gasteiger partial charge in [-0.3, -0.25) is 0 Å². The summed E-state index contributed by atoms with van der Waals surface area (Å²) < 4.78 is 76.4. The van der Waals surface area contributed by atoms with Crippen molar-refractivity contribution in [2.45, 2.75) is 44.1 Å². The molecule has 118 valence electrons. The molecule has 0 bridgehead atoms. The van der Waals surface area contributed by atoms with Crippen LogP contribution >= 0.6 is 0 Å². The Bertz CT molecular complexity index is 467. The smallest absolute Gasteiger partial charge is 0.314 e. The van der Waals surface area contributed by atoms with Gasteiger partial charge in [0.2, 0.25) is 0 Å². The largest absolute Gasteiger partial charge is 0.416 e. The fraction of sp³-hybridized carbons (Fsp3) is 0.571. The second-order valence-corrected chi connectivity index (χ2v) is 5.26. The molecule has 0 spiro atoms. The van der Waals surface area contributed by atoms with Crippen LogP contribution < -0.4 is 5.32 Å². The minimum absolute atomic E-state index is 0.117. The fourth-order valence-corrected chi connectivity index (χ4v) is 2.56. The van der Waals surface area contributed by atoms with Gasteiger partial charge in [-0.2, -0.15) is 26.3 Å². The molecule has 1 saturated carbocycles. The maximum absolute atomic E-state index is 12.7. The molecule has 0 amide bonds. The van der Waals surface area contributed by atoms with Crippen molar-refractivity contribution in [3.05, 3.63) is 34.9 Å². The van der Waals surface area contributed by atoms with E-state index in [1.54, 1.807) is 0 Å². The summed E-state index contributed by atoms with van der Waals surface area (Å²) >= 11 is 0. The van der Waals surface area contributed by atoms with E-state index in [0.717, 1.165) is 18.7 Å². The maximum Gasteiger partial charge on any atom is 0.416 e. The summed E-state index contributed by atoms with van der Waals surface area (Å²) in [6.07, 6.45) is -8.43. The van der Waals surface area contributed by atoms with Crippen LogP contribution in [0.1, 0.15) is 42.4 Å². The van der Waals surface area contributed by atoms with Gasteiger partial charge < -0.3 is 5.32 Å². The van der Waals surface area contributed by atoms with Crippen LogP contribution in [-0.2, 0) is 12.4 Å². The van der Waals surface area contributed by atoms with Crippen molar-refractivity contribution >= 4 is 0 Å². The first-order valence-electron chi connectivity index (χ1n) is 6.64. The van der Waals surface area contributed by atoms with Gasteiger partial charge in [0.05, 0.1) is 11.1 Å². The molecule has 1 fully saturated rings. The molecule has 0 atom stereocenters. The van der Waals surface area contributed by atoms with Crippen molar-refractivity contribution in [2.75, 3.05) is 6.54 Å². The maximum atomic E-state index is 12.7. The molecule has 7 heteroatoms. The summed E-state index contributed by atoms with van der Waals surface area (Å²) in [5.41, 5.74) is -2.36. The normalized spacial score (nSPS) is 23.0. The molecule has 0 heterocycles. The lowest BCUT2D eigenvalue weighted by Gasteiger charge is -2.36. The molecule has 0 saturated heterocycles.